The van der Waals surface area contributed by atoms with Crippen LogP contribution in [0.3, 0.4) is 0 Å². The van der Waals surface area contributed by atoms with E-state index in [1.807, 2.05) is 0 Å². The summed E-state index contributed by atoms with van der Waals surface area (Å²) in [5.41, 5.74) is 0.950. The van der Waals surface area contributed by atoms with Crippen LogP contribution in [0.2, 0.25) is 0 Å². The lowest BCUT2D eigenvalue weighted by Gasteiger charge is -2.27. The zero-order valence-corrected chi connectivity index (χ0v) is 11.3. The summed E-state index contributed by atoms with van der Waals surface area (Å²) in [5, 5.41) is 0. The maximum atomic E-state index is 11.5. The van der Waals surface area contributed by atoms with E-state index in [1.165, 1.54) is 0 Å². The minimum Gasteiger partial charge on any atom is -0.376 e. The highest BCUT2D eigenvalue weighted by molar-refractivity contribution is 7.73. The molecule has 18 heavy (non-hydrogen) atoms. The summed E-state index contributed by atoms with van der Waals surface area (Å²) in [6.45, 7) is 0.351. The van der Waals surface area contributed by atoms with Gasteiger partial charge in [0.2, 0.25) is 4.90 Å². The molecule has 0 amide bonds. The molecule has 0 aromatic carbocycles. The molecule has 0 atom stereocenters. The summed E-state index contributed by atoms with van der Waals surface area (Å²) in [6.07, 6.45) is 5.23. The molecule has 0 saturated heterocycles. The number of hydrogen-bond donors (Lipinski definition) is 4. The second-order valence-corrected chi connectivity index (χ2v) is 8.38. The lowest BCUT2D eigenvalue weighted by atomic mass is 10.1. The second-order valence-electron chi connectivity index (χ2n) is 4.37. The molecule has 1 aliphatic carbocycles. The highest BCUT2D eigenvalue weighted by Gasteiger charge is 2.59. The van der Waals surface area contributed by atoms with Gasteiger partial charge in [0, 0.05) is 13.6 Å². The monoisotopic (exact) mass is 293 g/mol. The Morgan fingerprint density at radius 1 is 1.17 bits per heavy atom. The number of rotatable bonds is 2. The number of nitrogens with zero attached hydrogens (tertiary/aromatic N) is 1. The van der Waals surface area contributed by atoms with Crippen molar-refractivity contribution in [1.82, 2.24) is 4.90 Å². The van der Waals surface area contributed by atoms with Crippen LogP contribution in [-0.4, -0.2) is 43.0 Å². The summed E-state index contributed by atoms with van der Waals surface area (Å²) in [6, 6.07) is 0. The van der Waals surface area contributed by atoms with E-state index in [0.29, 0.717) is 17.7 Å². The van der Waals surface area contributed by atoms with Gasteiger partial charge in [0.1, 0.15) is 0 Å². The van der Waals surface area contributed by atoms with Crippen LogP contribution in [0.1, 0.15) is 0 Å². The SMILES string of the molecule is CN1C=CC2=CC(P(=O)(O)O)(P(=O)(O)O)C=C2C1. The van der Waals surface area contributed by atoms with Crippen LogP contribution in [0, 0.1) is 0 Å². The molecule has 0 aromatic heterocycles. The Hall–Kier alpha value is -0.680. The van der Waals surface area contributed by atoms with E-state index in [4.69, 9.17) is 0 Å². The lowest BCUT2D eigenvalue weighted by molar-refractivity contribution is 0.333. The van der Waals surface area contributed by atoms with Crippen LogP contribution in [0.5, 0.6) is 0 Å². The van der Waals surface area contributed by atoms with E-state index in [0.717, 1.165) is 12.2 Å². The van der Waals surface area contributed by atoms with Crippen LogP contribution in [0.15, 0.2) is 35.6 Å². The fourth-order valence-corrected chi connectivity index (χ4v) is 4.65. The number of likely N-dealkylation sites (N-methyl/N-ethyl adjacent to an activating group) is 1. The third kappa shape index (κ3) is 1.93. The van der Waals surface area contributed by atoms with Gasteiger partial charge < -0.3 is 24.5 Å². The maximum Gasteiger partial charge on any atom is 0.351 e. The highest BCUT2D eigenvalue weighted by Crippen LogP contribution is 2.72. The van der Waals surface area contributed by atoms with Gasteiger partial charge in [-0.05, 0) is 35.6 Å². The van der Waals surface area contributed by atoms with E-state index in [-0.39, 0.29) is 0 Å². The molecule has 1 heterocycles. The number of fused-ring (bicyclic) bond motifs is 1. The summed E-state index contributed by atoms with van der Waals surface area (Å²) in [5.74, 6) is 0. The highest BCUT2D eigenvalue weighted by atomic mass is 31.2. The Bertz CT molecular complexity index is 544. The number of hydrogen-bond acceptors (Lipinski definition) is 3. The standard InChI is InChI=1S/C9H13NO6P2/c1-10-3-2-7-4-9(17(11,12)13,18(14,15)16)5-8(7)6-10/h2-5H,6H2,1H3,(H2,11,12,13)(H2,14,15,16). The Labute approximate surface area is 103 Å². The van der Waals surface area contributed by atoms with Crippen LogP contribution in [-0.2, 0) is 9.13 Å². The topological polar surface area (TPSA) is 118 Å². The zero-order chi connectivity index (χ0) is 13.8. The molecule has 0 unspecified atom stereocenters. The lowest BCUT2D eigenvalue weighted by Crippen LogP contribution is -2.22. The molecular weight excluding hydrogens is 280 g/mol. The first-order valence-electron chi connectivity index (χ1n) is 5.01. The van der Waals surface area contributed by atoms with Crippen LogP contribution in [0.4, 0.5) is 0 Å². The Kier molecular flexibility index (Phi) is 2.98. The molecule has 1 aliphatic heterocycles. The Morgan fingerprint density at radius 3 is 2.22 bits per heavy atom. The summed E-state index contributed by atoms with van der Waals surface area (Å²) >= 11 is 0. The van der Waals surface area contributed by atoms with Gasteiger partial charge in [-0.25, -0.2) is 0 Å². The van der Waals surface area contributed by atoms with Gasteiger partial charge in [-0.1, -0.05) is 0 Å². The first kappa shape index (κ1) is 13.7. The summed E-state index contributed by atoms with van der Waals surface area (Å²) in [4.78, 5) is 36.5. The second kappa shape index (κ2) is 3.90. The molecule has 100 valence electrons. The molecule has 0 spiro atoms. The van der Waals surface area contributed by atoms with Gasteiger partial charge >= 0.3 is 15.2 Å². The van der Waals surface area contributed by atoms with Crippen LogP contribution < -0.4 is 0 Å². The van der Waals surface area contributed by atoms with Crippen molar-refractivity contribution in [3.8, 4) is 0 Å². The van der Waals surface area contributed by atoms with Crippen LogP contribution >= 0.6 is 15.2 Å². The quantitative estimate of drug-likeness (QED) is 0.543. The first-order valence-corrected chi connectivity index (χ1v) is 8.24. The van der Waals surface area contributed by atoms with E-state index >= 15 is 0 Å². The normalized spacial score (nSPS) is 22.6. The van der Waals surface area contributed by atoms with Crippen molar-refractivity contribution >= 4 is 15.2 Å². The molecule has 0 aromatic rings. The molecule has 9 heteroatoms. The molecule has 2 rings (SSSR count). The molecule has 4 N–H and O–H groups in total. The minimum absolute atomic E-state index is 0.351. The van der Waals surface area contributed by atoms with Gasteiger partial charge in [-0.3, -0.25) is 9.13 Å². The van der Waals surface area contributed by atoms with Crippen molar-refractivity contribution in [1.29, 1.82) is 0 Å². The maximum absolute atomic E-state index is 11.5. The van der Waals surface area contributed by atoms with Crippen molar-refractivity contribution in [2.24, 2.45) is 0 Å². The smallest absolute Gasteiger partial charge is 0.351 e. The predicted molar refractivity (Wildman–Crippen MR) is 64.8 cm³/mol. The van der Waals surface area contributed by atoms with Gasteiger partial charge in [0.25, 0.3) is 0 Å². The van der Waals surface area contributed by atoms with E-state index < -0.39 is 20.1 Å². The largest absolute Gasteiger partial charge is 0.376 e. The van der Waals surface area contributed by atoms with E-state index in [1.54, 1.807) is 24.2 Å². The van der Waals surface area contributed by atoms with Gasteiger partial charge in [-0.15, -0.1) is 0 Å². The average molecular weight is 293 g/mol. The Balaban J connectivity index is 2.64. The van der Waals surface area contributed by atoms with E-state index in [9.17, 15) is 28.7 Å². The van der Waals surface area contributed by atoms with Crippen molar-refractivity contribution in [3.63, 3.8) is 0 Å². The third-order valence-corrected chi connectivity index (χ3v) is 6.93. The molecule has 0 saturated carbocycles. The van der Waals surface area contributed by atoms with E-state index in [2.05, 4.69) is 0 Å². The van der Waals surface area contributed by atoms with Crippen molar-refractivity contribution < 1.29 is 28.7 Å². The molecule has 0 bridgehead atoms. The number of allylic oxidation sites excluding steroid dienone is 3. The van der Waals surface area contributed by atoms with Crippen LogP contribution in [0.25, 0.3) is 0 Å². The van der Waals surface area contributed by atoms with Crippen molar-refractivity contribution in [3.05, 3.63) is 35.6 Å². The Morgan fingerprint density at radius 2 is 1.72 bits per heavy atom. The average Bonchev–Trinajstić information content (AvgIpc) is 2.55. The van der Waals surface area contributed by atoms with Gasteiger partial charge in [-0.2, -0.15) is 0 Å². The molecule has 0 radical (unpaired) electrons. The third-order valence-electron chi connectivity index (χ3n) is 2.99. The molecule has 2 aliphatic rings. The zero-order valence-electron chi connectivity index (χ0n) is 9.46. The minimum atomic E-state index is -5.03. The van der Waals surface area contributed by atoms with Gasteiger partial charge in [0.15, 0.2) is 0 Å². The fraction of sp³-hybridized carbons (Fsp3) is 0.333. The summed E-state index contributed by atoms with van der Waals surface area (Å²) < 4.78 is 23.0. The van der Waals surface area contributed by atoms with Crippen molar-refractivity contribution in [2.45, 2.75) is 4.90 Å². The first-order chi connectivity index (χ1) is 8.07. The fourth-order valence-electron chi connectivity index (χ4n) is 2.03. The van der Waals surface area contributed by atoms with Crippen molar-refractivity contribution in [2.75, 3.05) is 13.6 Å². The van der Waals surface area contributed by atoms with Gasteiger partial charge in [0.05, 0.1) is 0 Å². The molecule has 0 fully saturated rings. The molecule has 7 nitrogen and oxygen atoms in total. The predicted octanol–water partition coefficient (Wildman–Crippen LogP) is 0.364. The summed E-state index contributed by atoms with van der Waals surface area (Å²) in [7, 11) is -8.30. The molecular formula is C9H13NO6P2.